The zero-order valence-corrected chi connectivity index (χ0v) is 16.7. The molecule has 0 saturated heterocycles. The third-order valence-corrected chi connectivity index (χ3v) is 5.19. The quantitative estimate of drug-likeness (QED) is 0.484. The van der Waals surface area contributed by atoms with Crippen molar-refractivity contribution in [1.82, 2.24) is 0 Å². The summed E-state index contributed by atoms with van der Waals surface area (Å²) < 4.78 is 21.5. The fraction of sp³-hybridized carbons (Fsp3) is 0.167. The van der Waals surface area contributed by atoms with Gasteiger partial charge in [-0.2, -0.15) is 0 Å². The van der Waals surface area contributed by atoms with E-state index in [1.165, 1.54) is 6.92 Å². The number of carbonyl (C=O) groups excluding carboxylic acids is 2. The Morgan fingerprint density at radius 3 is 2.81 bits per heavy atom. The van der Waals surface area contributed by atoms with Crippen LogP contribution in [0.4, 0.5) is 5.69 Å². The smallest absolute Gasteiger partial charge is 0.311 e. The summed E-state index contributed by atoms with van der Waals surface area (Å²) in [6.07, 6.45) is 0.603. The van der Waals surface area contributed by atoms with Crippen molar-refractivity contribution >= 4 is 39.3 Å². The van der Waals surface area contributed by atoms with Crippen LogP contribution in [-0.2, 0) is 20.7 Å². The summed E-state index contributed by atoms with van der Waals surface area (Å²) in [7, 11) is 0. The molecule has 0 aliphatic carbocycles. The van der Waals surface area contributed by atoms with Gasteiger partial charge in [-0.3, -0.25) is 9.59 Å². The molecule has 0 saturated carbocycles. The van der Waals surface area contributed by atoms with Gasteiger partial charge >= 0.3 is 5.97 Å². The van der Waals surface area contributed by atoms with Crippen molar-refractivity contribution in [2.75, 3.05) is 12.1 Å². The van der Waals surface area contributed by atoms with Crippen LogP contribution in [0.3, 0.4) is 0 Å². The number of hydrogen-bond acceptors (Lipinski definition) is 6. The maximum absolute atomic E-state index is 12.5. The molecule has 31 heavy (non-hydrogen) atoms. The van der Waals surface area contributed by atoms with E-state index in [2.05, 4.69) is 5.32 Å². The number of amides is 1. The van der Waals surface area contributed by atoms with Crippen LogP contribution in [0.15, 0.2) is 65.3 Å². The highest BCUT2D eigenvalue weighted by molar-refractivity contribution is 6.08. The van der Waals surface area contributed by atoms with Crippen LogP contribution in [0, 0.1) is 0 Å². The van der Waals surface area contributed by atoms with Gasteiger partial charge in [0, 0.05) is 22.7 Å². The zero-order valence-electron chi connectivity index (χ0n) is 16.7. The first-order valence-electron chi connectivity index (χ1n) is 9.86. The van der Waals surface area contributed by atoms with Crippen molar-refractivity contribution in [3.8, 4) is 11.5 Å². The molecular formula is C24H19NO6. The van der Waals surface area contributed by atoms with E-state index >= 15 is 0 Å². The Hall–Kier alpha value is -4.00. The Balaban J connectivity index is 1.27. The molecule has 0 spiro atoms. The van der Waals surface area contributed by atoms with Crippen molar-refractivity contribution in [2.45, 2.75) is 19.4 Å². The Morgan fingerprint density at radius 1 is 1.06 bits per heavy atom. The van der Waals surface area contributed by atoms with E-state index in [1.807, 2.05) is 36.4 Å². The first kappa shape index (κ1) is 19.0. The molecule has 0 unspecified atom stereocenters. The van der Waals surface area contributed by atoms with Gasteiger partial charge in [-0.05, 0) is 35.9 Å². The lowest BCUT2D eigenvalue weighted by Gasteiger charge is -2.13. The highest BCUT2D eigenvalue weighted by atomic mass is 16.7. The second-order valence-electron chi connectivity index (χ2n) is 7.29. The van der Waals surface area contributed by atoms with E-state index < -0.39 is 18.0 Å². The van der Waals surface area contributed by atoms with Crippen molar-refractivity contribution in [2.24, 2.45) is 0 Å². The molecule has 156 valence electrons. The average Bonchev–Trinajstić information content (AvgIpc) is 3.40. The predicted octanol–water partition coefficient (Wildman–Crippen LogP) is 4.43. The van der Waals surface area contributed by atoms with E-state index in [9.17, 15) is 9.59 Å². The highest BCUT2D eigenvalue weighted by Crippen LogP contribution is 2.34. The fourth-order valence-electron chi connectivity index (χ4n) is 3.67. The lowest BCUT2D eigenvalue weighted by atomic mass is 10.0. The first-order valence-corrected chi connectivity index (χ1v) is 9.86. The molecule has 1 N–H and O–H groups in total. The van der Waals surface area contributed by atoms with Gasteiger partial charge in [0.15, 0.2) is 17.6 Å². The number of furan rings is 1. The van der Waals surface area contributed by atoms with Gasteiger partial charge in [-0.15, -0.1) is 0 Å². The maximum atomic E-state index is 12.5. The summed E-state index contributed by atoms with van der Waals surface area (Å²) in [6, 6.07) is 16.8. The summed E-state index contributed by atoms with van der Waals surface area (Å²) in [6.45, 7) is 1.68. The van der Waals surface area contributed by atoms with E-state index in [-0.39, 0.29) is 13.2 Å². The number of benzene rings is 3. The van der Waals surface area contributed by atoms with Crippen molar-refractivity contribution in [3.05, 3.63) is 66.4 Å². The maximum Gasteiger partial charge on any atom is 0.311 e. The molecule has 0 radical (unpaired) electrons. The minimum atomic E-state index is -0.965. The Kier molecular flexibility index (Phi) is 4.71. The van der Waals surface area contributed by atoms with Gasteiger partial charge in [-0.25, -0.2) is 0 Å². The van der Waals surface area contributed by atoms with E-state index in [1.54, 1.807) is 24.5 Å². The van der Waals surface area contributed by atoms with Crippen LogP contribution in [-0.4, -0.2) is 24.8 Å². The molecule has 1 aliphatic heterocycles. The first-order chi connectivity index (χ1) is 15.1. The summed E-state index contributed by atoms with van der Waals surface area (Å²) in [5.41, 5.74) is 1.96. The third-order valence-electron chi connectivity index (χ3n) is 5.19. The molecule has 1 aromatic heterocycles. The van der Waals surface area contributed by atoms with Crippen LogP contribution < -0.4 is 14.8 Å². The molecule has 0 bridgehead atoms. The molecule has 3 aromatic carbocycles. The SMILES string of the molecule is C[C@@H](OC(=O)Cc1coc2ccc3ccccc3c12)C(=O)Nc1ccc2c(c1)OCO2. The number of nitrogens with one attached hydrogen (secondary N) is 1. The van der Waals surface area contributed by atoms with Gasteiger partial charge in [0.2, 0.25) is 6.79 Å². The Morgan fingerprint density at radius 2 is 1.90 bits per heavy atom. The van der Waals surface area contributed by atoms with Crippen molar-refractivity contribution in [1.29, 1.82) is 0 Å². The summed E-state index contributed by atoms with van der Waals surface area (Å²) in [4.78, 5) is 25.0. The third kappa shape index (κ3) is 3.66. The molecule has 0 fully saturated rings. The molecule has 1 atom stereocenters. The molecule has 5 rings (SSSR count). The lowest BCUT2D eigenvalue weighted by Crippen LogP contribution is -2.30. The second-order valence-corrected chi connectivity index (χ2v) is 7.29. The second kappa shape index (κ2) is 7.68. The van der Waals surface area contributed by atoms with Crippen LogP contribution in [0.1, 0.15) is 12.5 Å². The minimum absolute atomic E-state index is 0.00263. The molecule has 4 aromatic rings. The number of esters is 1. The van der Waals surface area contributed by atoms with E-state index in [4.69, 9.17) is 18.6 Å². The largest absolute Gasteiger partial charge is 0.464 e. The van der Waals surface area contributed by atoms with Crippen LogP contribution >= 0.6 is 0 Å². The highest BCUT2D eigenvalue weighted by Gasteiger charge is 2.21. The number of rotatable bonds is 5. The topological polar surface area (TPSA) is 87.0 Å². The van der Waals surface area contributed by atoms with Gasteiger partial charge in [0.1, 0.15) is 5.58 Å². The fourth-order valence-corrected chi connectivity index (χ4v) is 3.67. The lowest BCUT2D eigenvalue weighted by molar-refractivity contribution is -0.152. The molecular weight excluding hydrogens is 398 g/mol. The van der Waals surface area contributed by atoms with Gasteiger partial charge in [0.05, 0.1) is 12.7 Å². The molecule has 7 nitrogen and oxygen atoms in total. The van der Waals surface area contributed by atoms with Crippen molar-refractivity contribution in [3.63, 3.8) is 0 Å². The number of fused-ring (bicyclic) bond motifs is 4. The molecule has 1 amide bonds. The standard InChI is InChI=1S/C24H19NO6/c1-14(24(27)25-17-7-9-19-21(11-17)30-13-29-19)31-22(26)10-16-12-28-20-8-6-15-4-2-3-5-18(15)23(16)20/h2-9,11-12,14H,10,13H2,1H3,(H,25,27)/t14-/m1/s1. The number of hydrogen-bond donors (Lipinski definition) is 1. The predicted molar refractivity (Wildman–Crippen MR) is 114 cm³/mol. The Labute approximate surface area is 177 Å². The summed E-state index contributed by atoms with van der Waals surface area (Å²) >= 11 is 0. The number of ether oxygens (including phenoxy) is 3. The van der Waals surface area contributed by atoms with Gasteiger partial charge in [-0.1, -0.05) is 30.3 Å². The molecule has 1 aliphatic rings. The van der Waals surface area contributed by atoms with E-state index in [0.717, 1.165) is 21.7 Å². The van der Waals surface area contributed by atoms with Crippen LogP contribution in [0.25, 0.3) is 21.7 Å². The summed E-state index contributed by atoms with van der Waals surface area (Å²) in [5, 5.41) is 5.66. The van der Waals surface area contributed by atoms with Gasteiger partial charge < -0.3 is 23.9 Å². The van der Waals surface area contributed by atoms with E-state index in [0.29, 0.717) is 22.8 Å². The zero-order chi connectivity index (χ0) is 21.4. The summed E-state index contributed by atoms with van der Waals surface area (Å²) in [5.74, 6) is 0.234. The van der Waals surface area contributed by atoms with Gasteiger partial charge in [0.25, 0.3) is 5.91 Å². The normalized spacial score (nSPS) is 13.3. The number of carbonyl (C=O) groups is 2. The van der Waals surface area contributed by atoms with Crippen LogP contribution in [0.5, 0.6) is 11.5 Å². The number of anilines is 1. The average molecular weight is 417 g/mol. The molecule has 2 heterocycles. The van der Waals surface area contributed by atoms with Crippen LogP contribution in [0.2, 0.25) is 0 Å². The Bertz CT molecular complexity index is 1310. The minimum Gasteiger partial charge on any atom is -0.464 e. The molecule has 7 heteroatoms. The van der Waals surface area contributed by atoms with Crippen molar-refractivity contribution < 1.29 is 28.2 Å². The monoisotopic (exact) mass is 417 g/mol.